The summed E-state index contributed by atoms with van der Waals surface area (Å²) in [6.07, 6.45) is 3.79. The number of nitrogens with zero attached hydrogens (tertiary/aromatic N) is 5. The number of fused-ring (bicyclic) bond motifs is 3. The normalized spacial score (nSPS) is 19.5. The Kier molecular flexibility index (Phi) is 6.09. The fraction of sp³-hybridized carbons (Fsp3) is 0.346. The van der Waals surface area contributed by atoms with Crippen LogP contribution >= 0.6 is 0 Å². The van der Waals surface area contributed by atoms with Gasteiger partial charge in [0.05, 0.1) is 36.3 Å². The summed E-state index contributed by atoms with van der Waals surface area (Å²) in [7, 11) is 0. The number of hydrogen-bond donors (Lipinski definition) is 1. The van der Waals surface area contributed by atoms with E-state index in [0.29, 0.717) is 55.1 Å². The lowest BCUT2D eigenvalue weighted by Crippen LogP contribution is -2.44. The van der Waals surface area contributed by atoms with Crippen LogP contribution in [0.25, 0.3) is 22.0 Å². The number of aromatic nitrogens is 4. The van der Waals surface area contributed by atoms with E-state index in [9.17, 15) is 18.7 Å². The predicted octanol–water partition coefficient (Wildman–Crippen LogP) is 3.05. The number of rotatable bonds is 6. The highest BCUT2D eigenvalue weighted by molar-refractivity contribution is 5.84. The number of anilines is 1. The molecule has 2 aliphatic heterocycles. The number of alkyl halides is 2. The van der Waals surface area contributed by atoms with E-state index >= 15 is 0 Å². The molecule has 11 heteroatoms. The fourth-order valence-corrected chi connectivity index (χ4v) is 5.25. The molecule has 4 heterocycles. The second-order valence-electron chi connectivity index (χ2n) is 9.12. The molecule has 6 rings (SSSR count). The maximum atomic E-state index is 13.1. The lowest BCUT2D eigenvalue weighted by molar-refractivity contribution is -0.0507. The van der Waals surface area contributed by atoms with E-state index in [4.69, 9.17) is 9.47 Å². The molecule has 0 bridgehead atoms. The maximum absolute atomic E-state index is 13.1. The van der Waals surface area contributed by atoms with Crippen molar-refractivity contribution in [2.45, 2.75) is 31.7 Å². The second-order valence-corrected chi connectivity index (χ2v) is 9.12. The minimum atomic E-state index is -2.94. The Morgan fingerprint density at radius 3 is 2.70 bits per heavy atom. The SMILES string of the molecule is O=c1c2ccc(-c3cnc(N4CCO[C@@H](CO)C4)nc3)cc2n2n1CC[C@@H]2c1ccccc1OC(F)F. The van der Waals surface area contributed by atoms with Gasteiger partial charge in [-0.15, -0.1) is 0 Å². The van der Waals surface area contributed by atoms with Crippen LogP contribution in [0.4, 0.5) is 14.7 Å². The van der Waals surface area contributed by atoms with Crippen LogP contribution in [0.2, 0.25) is 0 Å². The van der Waals surface area contributed by atoms with Crippen molar-refractivity contribution in [3.8, 4) is 16.9 Å². The molecule has 0 aliphatic carbocycles. The van der Waals surface area contributed by atoms with Gasteiger partial charge in [-0.25, -0.2) is 14.6 Å². The zero-order valence-electron chi connectivity index (χ0n) is 19.8. The van der Waals surface area contributed by atoms with Crippen LogP contribution in [0.5, 0.6) is 5.75 Å². The number of hydrogen-bond acceptors (Lipinski definition) is 7. The molecule has 0 unspecified atom stereocenters. The lowest BCUT2D eigenvalue weighted by Gasteiger charge is -2.31. The van der Waals surface area contributed by atoms with Crippen molar-refractivity contribution in [3.63, 3.8) is 0 Å². The van der Waals surface area contributed by atoms with E-state index in [-0.39, 0.29) is 30.1 Å². The van der Waals surface area contributed by atoms with Gasteiger partial charge in [0, 0.05) is 43.2 Å². The van der Waals surface area contributed by atoms with Gasteiger partial charge in [-0.3, -0.25) is 9.48 Å². The Balaban J connectivity index is 1.36. The van der Waals surface area contributed by atoms with Crippen LogP contribution in [0, 0.1) is 0 Å². The van der Waals surface area contributed by atoms with Crippen LogP contribution in [0.1, 0.15) is 18.0 Å². The summed E-state index contributed by atoms with van der Waals surface area (Å²) in [4.78, 5) is 24.1. The number of ether oxygens (including phenoxy) is 2. The molecule has 9 nitrogen and oxygen atoms in total. The van der Waals surface area contributed by atoms with Gasteiger partial charge in [0.1, 0.15) is 5.75 Å². The molecule has 1 saturated heterocycles. The molecule has 1 fully saturated rings. The highest BCUT2D eigenvalue weighted by atomic mass is 19.3. The minimum Gasteiger partial charge on any atom is -0.434 e. The van der Waals surface area contributed by atoms with Crippen LogP contribution in [0.3, 0.4) is 0 Å². The molecule has 2 aromatic heterocycles. The number of para-hydroxylation sites is 1. The second kappa shape index (κ2) is 9.56. The predicted molar refractivity (Wildman–Crippen MR) is 132 cm³/mol. The average molecular weight is 510 g/mol. The molecule has 2 aliphatic rings. The Hall–Kier alpha value is -3.83. The van der Waals surface area contributed by atoms with Crippen LogP contribution in [0.15, 0.2) is 59.7 Å². The Labute approximate surface area is 210 Å². The van der Waals surface area contributed by atoms with Gasteiger partial charge in [0.25, 0.3) is 5.56 Å². The summed E-state index contributed by atoms with van der Waals surface area (Å²) >= 11 is 0. The van der Waals surface area contributed by atoms with Crippen LogP contribution in [-0.2, 0) is 11.3 Å². The number of morpholine rings is 1. The van der Waals surface area contributed by atoms with E-state index < -0.39 is 6.61 Å². The maximum Gasteiger partial charge on any atom is 0.387 e. The number of benzene rings is 2. The van der Waals surface area contributed by atoms with E-state index in [0.717, 1.165) is 11.1 Å². The standard InChI is InChI=1S/C26H25F2N5O4/c27-25(28)37-23-4-2-1-3-19(23)21-7-8-32-24(35)20-6-5-16(11-22(20)33(21)32)17-12-29-26(30-13-17)31-9-10-36-18(14-31)15-34/h1-6,11-13,18,21,25,34H,7-10,14-15H2/t18-,21-/m1/s1. The Morgan fingerprint density at radius 1 is 1.11 bits per heavy atom. The average Bonchev–Trinajstić information content (AvgIpc) is 3.48. The van der Waals surface area contributed by atoms with Gasteiger partial charge in [-0.1, -0.05) is 24.3 Å². The van der Waals surface area contributed by atoms with Crippen molar-refractivity contribution in [2.75, 3.05) is 31.2 Å². The number of halogens is 2. The molecular weight excluding hydrogens is 484 g/mol. The molecule has 2 aromatic carbocycles. The summed E-state index contributed by atoms with van der Waals surface area (Å²) < 4.78 is 39.9. The van der Waals surface area contributed by atoms with E-state index in [2.05, 4.69) is 9.97 Å². The van der Waals surface area contributed by atoms with Crippen molar-refractivity contribution in [2.24, 2.45) is 0 Å². The minimum absolute atomic E-state index is 0.0598. The van der Waals surface area contributed by atoms with Crippen molar-refractivity contribution in [1.82, 2.24) is 19.3 Å². The fourth-order valence-electron chi connectivity index (χ4n) is 5.25. The van der Waals surface area contributed by atoms with Gasteiger partial charge in [-0.05, 0) is 30.2 Å². The van der Waals surface area contributed by atoms with E-state index in [1.807, 2.05) is 21.7 Å². The first kappa shape index (κ1) is 23.6. The monoisotopic (exact) mass is 509 g/mol. The van der Waals surface area contributed by atoms with Crippen LogP contribution in [-0.4, -0.2) is 63.5 Å². The third kappa shape index (κ3) is 4.23. The first-order valence-corrected chi connectivity index (χ1v) is 12.1. The van der Waals surface area contributed by atoms with Crippen LogP contribution < -0.4 is 15.2 Å². The van der Waals surface area contributed by atoms with E-state index in [1.165, 1.54) is 6.07 Å². The smallest absolute Gasteiger partial charge is 0.387 e. The number of aliphatic hydroxyl groups excluding tert-OH is 1. The highest BCUT2D eigenvalue weighted by Gasteiger charge is 2.30. The van der Waals surface area contributed by atoms with E-state index in [1.54, 1.807) is 41.3 Å². The Morgan fingerprint density at radius 2 is 1.92 bits per heavy atom. The summed E-state index contributed by atoms with van der Waals surface area (Å²) in [6, 6.07) is 11.9. The molecule has 2 atom stereocenters. The summed E-state index contributed by atoms with van der Waals surface area (Å²) in [5.74, 6) is 0.667. The molecule has 4 aromatic rings. The van der Waals surface area contributed by atoms with Gasteiger partial charge >= 0.3 is 6.61 Å². The molecular formula is C26H25F2N5O4. The third-order valence-electron chi connectivity index (χ3n) is 6.97. The third-order valence-corrected chi connectivity index (χ3v) is 6.97. The Bertz CT molecular complexity index is 1490. The molecule has 0 amide bonds. The molecule has 37 heavy (non-hydrogen) atoms. The lowest BCUT2D eigenvalue weighted by atomic mass is 10.0. The highest BCUT2D eigenvalue weighted by Crippen LogP contribution is 2.37. The molecule has 0 radical (unpaired) electrons. The van der Waals surface area contributed by atoms with Gasteiger partial charge in [-0.2, -0.15) is 8.78 Å². The molecule has 192 valence electrons. The quantitative estimate of drug-likeness (QED) is 0.427. The van der Waals surface area contributed by atoms with Crippen molar-refractivity contribution < 1.29 is 23.4 Å². The van der Waals surface area contributed by atoms with Gasteiger partial charge in [0.2, 0.25) is 5.95 Å². The summed E-state index contributed by atoms with van der Waals surface area (Å²) in [6.45, 7) is -0.876. The molecule has 0 saturated carbocycles. The van der Waals surface area contributed by atoms with Crippen molar-refractivity contribution in [3.05, 3.63) is 70.8 Å². The van der Waals surface area contributed by atoms with Gasteiger partial charge in [0.15, 0.2) is 0 Å². The first-order valence-electron chi connectivity index (χ1n) is 12.1. The summed E-state index contributed by atoms with van der Waals surface area (Å²) in [5.41, 5.74) is 2.81. The molecule has 0 spiro atoms. The van der Waals surface area contributed by atoms with Crippen molar-refractivity contribution >= 4 is 16.9 Å². The van der Waals surface area contributed by atoms with Crippen molar-refractivity contribution in [1.29, 1.82) is 0 Å². The first-order chi connectivity index (χ1) is 18.0. The van der Waals surface area contributed by atoms with Gasteiger partial charge < -0.3 is 19.5 Å². The largest absolute Gasteiger partial charge is 0.434 e. The zero-order valence-corrected chi connectivity index (χ0v) is 19.8. The topological polar surface area (TPSA) is 94.6 Å². The molecule has 1 N–H and O–H groups in total. The zero-order chi connectivity index (χ0) is 25.5. The summed E-state index contributed by atoms with van der Waals surface area (Å²) in [5, 5.41) is 9.95. The number of aliphatic hydroxyl groups is 1.